The number of esters is 1. The minimum atomic E-state index is -0.943. The van der Waals surface area contributed by atoms with Crippen molar-refractivity contribution in [3.05, 3.63) is 76.8 Å². The summed E-state index contributed by atoms with van der Waals surface area (Å²) in [7, 11) is 1.22. The highest BCUT2D eigenvalue weighted by atomic mass is 35.5. The first-order chi connectivity index (χ1) is 12.0. The Kier molecular flexibility index (Phi) is 4.42. The molecule has 0 aromatic heterocycles. The number of Topliss-reactive ketones (excluding diaryl/α,β-unsaturated/α-hetero) is 1. The predicted molar refractivity (Wildman–Crippen MR) is 93.6 cm³/mol. The Hall–Kier alpha value is -2.92. The Bertz CT molecular complexity index is 906. The van der Waals surface area contributed by atoms with E-state index in [0.717, 1.165) is 0 Å². The number of ketones is 1. The number of hydrogen-bond donors (Lipinski definition) is 0. The van der Waals surface area contributed by atoms with E-state index >= 15 is 0 Å². The lowest BCUT2D eigenvalue weighted by atomic mass is 9.97. The average Bonchev–Trinajstić information content (AvgIpc) is 2.88. The molecule has 25 heavy (non-hydrogen) atoms. The molecule has 2 aromatic rings. The number of halogens is 1. The number of nitrogens with zero attached hydrogens (tertiary/aromatic N) is 1. The van der Waals surface area contributed by atoms with Crippen LogP contribution >= 0.6 is 11.6 Å². The van der Waals surface area contributed by atoms with E-state index in [0.29, 0.717) is 16.3 Å². The molecule has 1 aliphatic rings. The van der Waals surface area contributed by atoms with Gasteiger partial charge in [0.25, 0.3) is 11.7 Å². The van der Waals surface area contributed by atoms with E-state index in [9.17, 15) is 14.4 Å². The van der Waals surface area contributed by atoms with E-state index in [4.69, 9.17) is 16.3 Å². The molecule has 2 aromatic carbocycles. The van der Waals surface area contributed by atoms with Crippen LogP contribution in [0.25, 0.3) is 0 Å². The average molecular weight is 356 g/mol. The second-order valence-electron chi connectivity index (χ2n) is 5.46. The summed E-state index contributed by atoms with van der Waals surface area (Å²) < 4.78 is 4.76. The van der Waals surface area contributed by atoms with E-state index in [2.05, 4.69) is 6.58 Å². The van der Waals surface area contributed by atoms with Gasteiger partial charge in [-0.3, -0.25) is 14.5 Å². The van der Waals surface area contributed by atoms with E-state index in [1.807, 2.05) is 0 Å². The number of methoxy groups -OCH3 is 1. The second-order valence-corrected chi connectivity index (χ2v) is 5.87. The lowest BCUT2D eigenvalue weighted by Crippen LogP contribution is -2.36. The van der Waals surface area contributed by atoms with Crippen molar-refractivity contribution in [3.63, 3.8) is 0 Å². The molecular weight excluding hydrogens is 342 g/mol. The molecule has 0 bridgehead atoms. The molecule has 6 heteroatoms. The van der Waals surface area contributed by atoms with Crippen molar-refractivity contribution in [2.24, 2.45) is 0 Å². The van der Waals surface area contributed by atoms with Crippen LogP contribution in [0.2, 0.25) is 5.02 Å². The van der Waals surface area contributed by atoms with Crippen LogP contribution in [0.4, 0.5) is 5.69 Å². The molecule has 0 radical (unpaired) electrons. The van der Waals surface area contributed by atoms with Crippen LogP contribution in [0, 0.1) is 0 Å². The van der Waals surface area contributed by atoms with Crippen molar-refractivity contribution in [1.82, 2.24) is 0 Å². The quantitative estimate of drug-likeness (QED) is 0.479. The third-order valence-electron chi connectivity index (χ3n) is 4.06. The summed E-state index contributed by atoms with van der Waals surface area (Å²) in [6.45, 7) is 3.78. The highest BCUT2D eigenvalue weighted by Crippen LogP contribution is 2.41. The second kappa shape index (κ2) is 6.53. The number of carbonyl (C=O) groups excluding carboxylic acids is 3. The fourth-order valence-corrected chi connectivity index (χ4v) is 3.13. The zero-order valence-electron chi connectivity index (χ0n) is 13.4. The SMILES string of the molecule is C=C(C(=O)OC)[C@H](c1ccccc1Cl)N1C(=O)C(=O)c2ccccc21. The molecule has 1 amide bonds. The van der Waals surface area contributed by atoms with Crippen molar-refractivity contribution >= 4 is 34.9 Å². The fourth-order valence-electron chi connectivity index (χ4n) is 2.89. The Balaban J connectivity index is 2.21. The van der Waals surface area contributed by atoms with Crippen molar-refractivity contribution in [2.45, 2.75) is 6.04 Å². The fraction of sp³-hybridized carbons (Fsp3) is 0.105. The molecule has 0 fully saturated rings. The largest absolute Gasteiger partial charge is 0.466 e. The minimum Gasteiger partial charge on any atom is -0.466 e. The molecule has 0 aliphatic carbocycles. The Morgan fingerprint density at radius 1 is 1.12 bits per heavy atom. The number of benzene rings is 2. The summed E-state index contributed by atoms with van der Waals surface area (Å²) in [6, 6.07) is 12.4. The van der Waals surface area contributed by atoms with Crippen LogP contribution in [0.5, 0.6) is 0 Å². The highest BCUT2D eigenvalue weighted by Gasteiger charge is 2.43. The maximum absolute atomic E-state index is 12.6. The minimum absolute atomic E-state index is 0.00783. The molecule has 5 nitrogen and oxygen atoms in total. The Labute approximate surface area is 149 Å². The molecule has 1 heterocycles. The molecule has 3 rings (SSSR count). The third kappa shape index (κ3) is 2.72. The van der Waals surface area contributed by atoms with Gasteiger partial charge in [-0.25, -0.2) is 4.79 Å². The van der Waals surface area contributed by atoms with Gasteiger partial charge in [-0.1, -0.05) is 48.5 Å². The number of anilines is 1. The first-order valence-corrected chi connectivity index (χ1v) is 7.83. The van der Waals surface area contributed by atoms with Gasteiger partial charge in [-0.2, -0.15) is 0 Å². The zero-order valence-corrected chi connectivity index (χ0v) is 14.1. The number of ether oxygens (including phenoxy) is 1. The van der Waals surface area contributed by atoms with Gasteiger partial charge in [0, 0.05) is 5.02 Å². The van der Waals surface area contributed by atoms with Crippen molar-refractivity contribution in [1.29, 1.82) is 0 Å². The molecular formula is C19H14ClNO4. The summed E-state index contributed by atoms with van der Waals surface area (Å²) in [6.07, 6.45) is 0. The van der Waals surface area contributed by atoms with Gasteiger partial charge in [-0.05, 0) is 23.8 Å². The first-order valence-electron chi connectivity index (χ1n) is 7.45. The van der Waals surface area contributed by atoms with E-state index in [-0.39, 0.29) is 11.1 Å². The Morgan fingerprint density at radius 3 is 2.44 bits per heavy atom. The monoisotopic (exact) mass is 355 g/mol. The lowest BCUT2D eigenvalue weighted by Gasteiger charge is -2.29. The van der Waals surface area contributed by atoms with Crippen LogP contribution in [-0.4, -0.2) is 24.8 Å². The van der Waals surface area contributed by atoms with Crippen LogP contribution in [0.3, 0.4) is 0 Å². The smallest absolute Gasteiger partial charge is 0.335 e. The number of hydrogen-bond acceptors (Lipinski definition) is 4. The topological polar surface area (TPSA) is 63.7 Å². The molecule has 0 saturated heterocycles. The van der Waals surface area contributed by atoms with Gasteiger partial charge in [0.15, 0.2) is 0 Å². The third-order valence-corrected chi connectivity index (χ3v) is 4.40. The number of fused-ring (bicyclic) bond motifs is 1. The van der Waals surface area contributed by atoms with Gasteiger partial charge in [0.05, 0.1) is 30.0 Å². The highest BCUT2D eigenvalue weighted by molar-refractivity contribution is 6.52. The van der Waals surface area contributed by atoms with Crippen molar-refractivity contribution in [2.75, 3.05) is 12.0 Å². The van der Waals surface area contributed by atoms with Crippen molar-refractivity contribution in [3.8, 4) is 0 Å². The number of para-hydroxylation sites is 1. The maximum Gasteiger partial charge on any atom is 0.335 e. The maximum atomic E-state index is 12.6. The summed E-state index contributed by atoms with van der Waals surface area (Å²) in [5.74, 6) is -2.06. The van der Waals surface area contributed by atoms with Gasteiger partial charge < -0.3 is 4.74 Å². The van der Waals surface area contributed by atoms with E-state index < -0.39 is 23.7 Å². The van der Waals surface area contributed by atoms with Gasteiger partial charge in [0.1, 0.15) is 0 Å². The van der Waals surface area contributed by atoms with Crippen LogP contribution in [0.1, 0.15) is 22.0 Å². The molecule has 0 unspecified atom stereocenters. The summed E-state index contributed by atoms with van der Waals surface area (Å²) in [5, 5.41) is 0.349. The van der Waals surface area contributed by atoms with Gasteiger partial charge >= 0.3 is 5.97 Å². The number of carbonyl (C=O) groups is 3. The van der Waals surface area contributed by atoms with Crippen LogP contribution < -0.4 is 4.90 Å². The van der Waals surface area contributed by atoms with Crippen LogP contribution in [0.15, 0.2) is 60.7 Å². The molecule has 1 aliphatic heterocycles. The number of rotatable bonds is 4. The van der Waals surface area contributed by atoms with E-state index in [1.165, 1.54) is 12.0 Å². The molecule has 0 saturated carbocycles. The van der Waals surface area contributed by atoms with Crippen molar-refractivity contribution < 1.29 is 19.1 Å². The standard InChI is InChI=1S/C19H14ClNO4/c1-11(19(24)25-2)16(12-7-3-5-9-14(12)20)21-15-10-6-4-8-13(15)17(22)18(21)23/h3-10,16H,1H2,2H3/t16-/m1/s1. The predicted octanol–water partition coefficient (Wildman–Crippen LogP) is 3.34. The molecule has 0 N–H and O–H groups in total. The lowest BCUT2D eigenvalue weighted by molar-refractivity contribution is -0.136. The van der Waals surface area contributed by atoms with Crippen LogP contribution in [-0.2, 0) is 14.3 Å². The molecule has 1 atom stereocenters. The zero-order chi connectivity index (χ0) is 18.1. The summed E-state index contributed by atoms with van der Waals surface area (Å²) in [5.41, 5.74) is 1.18. The molecule has 0 spiro atoms. The molecule has 126 valence electrons. The number of amides is 1. The van der Waals surface area contributed by atoms with Gasteiger partial charge in [-0.15, -0.1) is 0 Å². The first kappa shape index (κ1) is 16.9. The normalized spacial score (nSPS) is 14.2. The summed E-state index contributed by atoms with van der Waals surface area (Å²) >= 11 is 6.28. The van der Waals surface area contributed by atoms with Gasteiger partial charge in [0.2, 0.25) is 0 Å². The summed E-state index contributed by atoms with van der Waals surface area (Å²) in [4.78, 5) is 38.3. The van der Waals surface area contributed by atoms with E-state index in [1.54, 1.807) is 48.5 Å². The Morgan fingerprint density at radius 2 is 1.76 bits per heavy atom.